The first-order valence-corrected chi connectivity index (χ1v) is 8.38. The van der Waals surface area contributed by atoms with Gasteiger partial charge < -0.3 is 15.0 Å². The van der Waals surface area contributed by atoms with Gasteiger partial charge >= 0.3 is 11.7 Å². The Labute approximate surface area is 145 Å². The molecule has 2 rings (SSSR count). The van der Waals surface area contributed by atoms with E-state index in [0.717, 1.165) is 6.42 Å². The van der Waals surface area contributed by atoms with E-state index in [9.17, 15) is 14.4 Å². The summed E-state index contributed by atoms with van der Waals surface area (Å²) in [6.07, 6.45) is 3.39. The van der Waals surface area contributed by atoms with Gasteiger partial charge in [0.25, 0.3) is 5.56 Å². The second kappa shape index (κ2) is 8.11. The topological polar surface area (TPSA) is 114 Å². The molecule has 0 saturated heterocycles. The van der Waals surface area contributed by atoms with Gasteiger partial charge in [0.05, 0.1) is 12.4 Å². The lowest BCUT2D eigenvalue weighted by molar-refractivity contribution is -0.145. The number of imidazole rings is 1. The van der Waals surface area contributed by atoms with E-state index in [1.165, 1.54) is 22.4 Å². The number of rotatable bonds is 8. The van der Waals surface area contributed by atoms with Gasteiger partial charge in [-0.1, -0.05) is 0 Å². The van der Waals surface area contributed by atoms with Crippen molar-refractivity contribution < 1.29 is 9.53 Å². The van der Waals surface area contributed by atoms with E-state index >= 15 is 0 Å². The van der Waals surface area contributed by atoms with Crippen LogP contribution in [0.4, 0.5) is 0 Å². The van der Waals surface area contributed by atoms with Crippen molar-refractivity contribution in [2.45, 2.75) is 52.3 Å². The standard InChI is InChI=1S/C16H25N5O4/c1-11(25-12(2)22)6-4-5-8-21-15(23)13-14(18-10-19(13)3)20(9-7-17)16(21)24/h10-11H,4-9,17H2,1-3H3/t11-/m1/s1. The van der Waals surface area contributed by atoms with E-state index in [4.69, 9.17) is 10.5 Å². The second-order valence-electron chi connectivity index (χ2n) is 6.12. The average Bonchev–Trinajstić information content (AvgIpc) is 2.91. The van der Waals surface area contributed by atoms with E-state index in [0.29, 0.717) is 37.1 Å². The van der Waals surface area contributed by atoms with Crippen LogP contribution in [-0.4, -0.2) is 37.3 Å². The van der Waals surface area contributed by atoms with Gasteiger partial charge in [0.15, 0.2) is 11.2 Å². The highest BCUT2D eigenvalue weighted by Gasteiger charge is 2.16. The van der Waals surface area contributed by atoms with E-state index < -0.39 is 5.69 Å². The Bertz CT molecular complexity index is 864. The number of esters is 1. The van der Waals surface area contributed by atoms with Crippen LogP contribution >= 0.6 is 0 Å². The number of aromatic nitrogens is 4. The van der Waals surface area contributed by atoms with E-state index in [1.807, 2.05) is 6.92 Å². The average molecular weight is 351 g/mol. The highest BCUT2D eigenvalue weighted by Crippen LogP contribution is 2.07. The van der Waals surface area contributed by atoms with Crippen LogP contribution in [0.3, 0.4) is 0 Å². The largest absolute Gasteiger partial charge is 0.463 e. The molecule has 0 spiro atoms. The molecule has 0 radical (unpaired) electrons. The molecular weight excluding hydrogens is 326 g/mol. The number of carbonyl (C=O) groups excluding carboxylic acids is 1. The van der Waals surface area contributed by atoms with Crippen molar-refractivity contribution in [2.24, 2.45) is 12.8 Å². The molecule has 2 heterocycles. The van der Waals surface area contributed by atoms with Crippen molar-refractivity contribution in [2.75, 3.05) is 6.54 Å². The fourth-order valence-corrected chi connectivity index (χ4v) is 2.88. The molecule has 0 aliphatic heterocycles. The molecule has 2 N–H and O–H groups in total. The molecule has 0 saturated carbocycles. The first-order valence-electron chi connectivity index (χ1n) is 8.38. The van der Waals surface area contributed by atoms with Crippen molar-refractivity contribution in [3.05, 3.63) is 27.2 Å². The molecular formula is C16H25N5O4. The predicted molar refractivity (Wildman–Crippen MR) is 93.4 cm³/mol. The van der Waals surface area contributed by atoms with Crippen molar-refractivity contribution >= 4 is 17.1 Å². The van der Waals surface area contributed by atoms with Crippen molar-refractivity contribution in [3.63, 3.8) is 0 Å². The number of hydrogen-bond donors (Lipinski definition) is 1. The van der Waals surface area contributed by atoms with Crippen LogP contribution in [0.2, 0.25) is 0 Å². The Balaban J connectivity index is 2.20. The van der Waals surface area contributed by atoms with Gasteiger partial charge in [-0.25, -0.2) is 9.78 Å². The van der Waals surface area contributed by atoms with Crippen molar-refractivity contribution in [1.29, 1.82) is 0 Å². The normalized spacial score (nSPS) is 12.5. The minimum atomic E-state index is -0.394. The van der Waals surface area contributed by atoms with E-state index in [-0.39, 0.29) is 24.2 Å². The summed E-state index contributed by atoms with van der Waals surface area (Å²) in [5.41, 5.74) is 5.60. The summed E-state index contributed by atoms with van der Waals surface area (Å²) in [4.78, 5) is 40.3. The second-order valence-corrected chi connectivity index (χ2v) is 6.12. The molecule has 9 nitrogen and oxygen atoms in total. The fraction of sp³-hybridized carbons (Fsp3) is 0.625. The summed E-state index contributed by atoms with van der Waals surface area (Å²) < 4.78 is 9.35. The molecule has 138 valence electrons. The molecule has 25 heavy (non-hydrogen) atoms. The minimum Gasteiger partial charge on any atom is -0.463 e. The third kappa shape index (κ3) is 4.16. The minimum absolute atomic E-state index is 0.178. The summed E-state index contributed by atoms with van der Waals surface area (Å²) in [5.74, 6) is -0.310. The molecule has 0 aliphatic carbocycles. The lowest BCUT2D eigenvalue weighted by atomic mass is 10.2. The Morgan fingerprint density at radius 2 is 2.00 bits per heavy atom. The SMILES string of the molecule is CC(=O)O[C@H](C)CCCCn1c(=O)c2c(ncn2C)n(CCN)c1=O. The summed E-state index contributed by atoms with van der Waals surface area (Å²) >= 11 is 0. The number of carbonyl (C=O) groups is 1. The first kappa shape index (κ1) is 18.9. The Morgan fingerprint density at radius 3 is 2.64 bits per heavy atom. The van der Waals surface area contributed by atoms with Gasteiger partial charge in [0, 0.05) is 33.6 Å². The number of aryl methyl sites for hydroxylation is 1. The van der Waals surface area contributed by atoms with Crippen molar-refractivity contribution in [3.8, 4) is 0 Å². The number of ether oxygens (including phenoxy) is 1. The van der Waals surface area contributed by atoms with Crippen LogP contribution in [0.15, 0.2) is 15.9 Å². The number of nitrogens with two attached hydrogens (primary N) is 1. The van der Waals surface area contributed by atoms with Gasteiger partial charge in [0.1, 0.15) is 0 Å². The first-order chi connectivity index (χ1) is 11.9. The molecule has 1 atom stereocenters. The number of nitrogens with zero attached hydrogens (tertiary/aromatic N) is 4. The summed E-state index contributed by atoms with van der Waals surface area (Å²) in [6, 6.07) is 0. The van der Waals surface area contributed by atoms with Gasteiger partial charge in [-0.05, 0) is 26.2 Å². The quantitative estimate of drug-likeness (QED) is 0.528. The molecule has 0 bridgehead atoms. The maximum atomic E-state index is 12.6. The third-order valence-electron chi connectivity index (χ3n) is 4.05. The maximum Gasteiger partial charge on any atom is 0.332 e. The molecule has 0 fully saturated rings. The summed E-state index contributed by atoms with van der Waals surface area (Å²) in [5, 5.41) is 0. The molecule has 9 heteroatoms. The van der Waals surface area contributed by atoms with Crippen LogP contribution in [0.5, 0.6) is 0 Å². The van der Waals surface area contributed by atoms with Crippen molar-refractivity contribution in [1.82, 2.24) is 18.7 Å². The molecule has 0 aromatic carbocycles. The summed E-state index contributed by atoms with van der Waals surface area (Å²) in [7, 11) is 1.72. The molecule has 0 unspecified atom stereocenters. The van der Waals surface area contributed by atoms with Crippen LogP contribution in [0.1, 0.15) is 33.1 Å². The van der Waals surface area contributed by atoms with Gasteiger partial charge in [-0.15, -0.1) is 0 Å². The molecule has 2 aromatic rings. The Kier molecular flexibility index (Phi) is 6.13. The number of unbranched alkanes of at least 4 members (excludes halogenated alkanes) is 1. The van der Waals surface area contributed by atoms with E-state index in [2.05, 4.69) is 4.98 Å². The monoisotopic (exact) mass is 351 g/mol. The van der Waals surface area contributed by atoms with Crippen LogP contribution in [0.25, 0.3) is 11.2 Å². The lowest BCUT2D eigenvalue weighted by Gasteiger charge is -2.13. The highest BCUT2D eigenvalue weighted by atomic mass is 16.5. The highest BCUT2D eigenvalue weighted by molar-refractivity contribution is 5.69. The predicted octanol–water partition coefficient (Wildman–Crippen LogP) is -0.0227. The lowest BCUT2D eigenvalue weighted by Crippen LogP contribution is -2.41. The molecule has 0 aliphatic rings. The number of hydrogen-bond acceptors (Lipinski definition) is 6. The third-order valence-corrected chi connectivity index (χ3v) is 4.05. The van der Waals surface area contributed by atoms with Crippen LogP contribution in [0, 0.1) is 0 Å². The Morgan fingerprint density at radius 1 is 1.28 bits per heavy atom. The Hall–Kier alpha value is -2.42. The molecule has 0 amide bonds. The smallest absolute Gasteiger partial charge is 0.332 e. The zero-order chi connectivity index (χ0) is 18.6. The van der Waals surface area contributed by atoms with Crippen LogP contribution in [-0.2, 0) is 29.7 Å². The van der Waals surface area contributed by atoms with Crippen LogP contribution < -0.4 is 17.0 Å². The fourth-order valence-electron chi connectivity index (χ4n) is 2.88. The maximum absolute atomic E-state index is 12.6. The van der Waals surface area contributed by atoms with Gasteiger partial charge in [0.2, 0.25) is 0 Å². The molecule has 2 aromatic heterocycles. The van der Waals surface area contributed by atoms with E-state index in [1.54, 1.807) is 11.6 Å². The zero-order valence-electron chi connectivity index (χ0n) is 14.9. The summed E-state index contributed by atoms with van der Waals surface area (Å²) in [6.45, 7) is 4.08. The number of fused-ring (bicyclic) bond motifs is 1. The van der Waals surface area contributed by atoms with Gasteiger partial charge in [-0.2, -0.15) is 0 Å². The zero-order valence-corrected chi connectivity index (χ0v) is 14.9. The van der Waals surface area contributed by atoms with Gasteiger partial charge in [-0.3, -0.25) is 18.7 Å².